The average Bonchev–Trinajstić information content (AvgIpc) is 3.31. The van der Waals surface area contributed by atoms with E-state index in [2.05, 4.69) is 25.6 Å². The number of sulfonamides is 1. The zero-order valence-corrected chi connectivity index (χ0v) is 23.0. The molecule has 3 aromatic carbocycles. The normalized spacial score (nSPS) is 11.1. The summed E-state index contributed by atoms with van der Waals surface area (Å²) in [5, 5.41) is 14.7. The van der Waals surface area contributed by atoms with Gasteiger partial charge in [0.1, 0.15) is 5.75 Å². The summed E-state index contributed by atoms with van der Waals surface area (Å²) in [5.74, 6) is 0.776. The molecule has 11 nitrogen and oxygen atoms in total. The second-order valence-electron chi connectivity index (χ2n) is 8.39. The van der Waals surface area contributed by atoms with Gasteiger partial charge >= 0.3 is 0 Å². The van der Waals surface area contributed by atoms with Crippen molar-refractivity contribution in [1.29, 1.82) is 0 Å². The lowest BCUT2D eigenvalue weighted by Gasteiger charge is -2.12. The minimum absolute atomic E-state index is 0.0515. The predicted molar refractivity (Wildman–Crippen MR) is 152 cm³/mol. The Bertz CT molecular complexity index is 1590. The van der Waals surface area contributed by atoms with Crippen molar-refractivity contribution < 1.29 is 22.7 Å². The molecule has 0 aliphatic carbocycles. The van der Waals surface area contributed by atoms with Gasteiger partial charge in [0.15, 0.2) is 11.0 Å². The van der Waals surface area contributed by atoms with Crippen LogP contribution in [0.15, 0.2) is 78.0 Å². The molecule has 4 rings (SSSR count). The molecular formula is C26H26N6O5S2. The van der Waals surface area contributed by atoms with Crippen LogP contribution in [0.4, 0.5) is 17.1 Å². The van der Waals surface area contributed by atoms with E-state index in [-0.39, 0.29) is 17.6 Å². The molecule has 0 saturated carbocycles. The van der Waals surface area contributed by atoms with Crippen LogP contribution in [0.2, 0.25) is 0 Å². The minimum atomic E-state index is -3.41. The molecule has 2 amide bonds. The maximum absolute atomic E-state index is 12.7. The molecule has 13 heteroatoms. The number of ether oxygens (including phenoxy) is 1. The van der Waals surface area contributed by atoms with Crippen molar-refractivity contribution in [2.45, 2.75) is 12.1 Å². The van der Waals surface area contributed by atoms with Crippen molar-refractivity contribution in [2.24, 2.45) is 0 Å². The van der Waals surface area contributed by atoms with E-state index in [1.165, 1.54) is 18.7 Å². The third-order valence-corrected chi connectivity index (χ3v) is 6.74. The molecule has 0 aliphatic heterocycles. The number of benzene rings is 3. The van der Waals surface area contributed by atoms with Gasteiger partial charge in [0.2, 0.25) is 21.8 Å². The Balaban J connectivity index is 1.57. The summed E-state index contributed by atoms with van der Waals surface area (Å²) >= 11 is 1.21. The maximum Gasteiger partial charge on any atom is 0.234 e. The number of thioether (sulfide) groups is 1. The zero-order valence-electron chi connectivity index (χ0n) is 21.3. The molecule has 0 bridgehead atoms. The monoisotopic (exact) mass is 566 g/mol. The fourth-order valence-electron chi connectivity index (χ4n) is 3.62. The number of methoxy groups -OCH3 is 1. The fourth-order valence-corrected chi connectivity index (χ4v) is 4.94. The van der Waals surface area contributed by atoms with Gasteiger partial charge in [-0.2, -0.15) is 0 Å². The van der Waals surface area contributed by atoms with Crippen molar-refractivity contribution in [3.05, 3.63) is 72.8 Å². The fraction of sp³-hybridized carbons (Fsp3) is 0.154. The SMILES string of the molecule is COc1ccc(-n2c(SCC(=O)Nc3cccc(NC(C)=O)c3)nnc2-c2ccc(NS(C)(=O)=O)cc2)cc1. The molecule has 0 saturated heterocycles. The van der Waals surface area contributed by atoms with Gasteiger partial charge < -0.3 is 15.4 Å². The molecule has 1 aromatic heterocycles. The van der Waals surface area contributed by atoms with E-state index in [4.69, 9.17) is 4.74 Å². The predicted octanol–water partition coefficient (Wildman–Crippen LogP) is 4.00. The average molecular weight is 567 g/mol. The molecule has 4 aromatic rings. The molecule has 39 heavy (non-hydrogen) atoms. The van der Waals surface area contributed by atoms with Crippen LogP contribution in [0.3, 0.4) is 0 Å². The Morgan fingerprint density at radius 2 is 1.59 bits per heavy atom. The molecule has 0 atom stereocenters. The number of aromatic nitrogens is 3. The molecule has 3 N–H and O–H groups in total. The molecule has 202 valence electrons. The number of carbonyl (C=O) groups excluding carboxylic acids is 2. The second kappa shape index (κ2) is 12.0. The molecular weight excluding hydrogens is 540 g/mol. The molecule has 0 fully saturated rings. The topological polar surface area (TPSA) is 144 Å². The Kier molecular flexibility index (Phi) is 8.52. The highest BCUT2D eigenvalue weighted by Gasteiger charge is 2.18. The first-order valence-electron chi connectivity index (χ1n) is 11.6. The van der Waals surface area contributed by atoms with Crippen LogP contribution in [0.25, 0.3) is 17.1 Å². The summed E-state index contributed by atoms with van der Waals surface area (Å²) < 4.78 is 32.6. The molecule has 0 aliphatic rings. The number of rotatable bonds is 10. The number of hydrogen-bond donors (Lipinski definition) is 3. The van der Waals surface area contributed by atoms with Crippen LogP contribution in [0, 0.1) is 0 Å². The van der Waals surface area contributed by atoms with E-state index in [9.17, 15) is 18.0 Å². The largest absolute Gasteiger partial charge is 0.497 e. The van der Waals surface area contributed by atoms with Crippen LogP contribution >= 0.6 is 11.8 Å². The quantitative estimate of drug-likeness (QED) is 0.244. The third kappa shape index (κ3) is 7.58. The van der Waals surface area contributed by atoms with Crippen molar-refractivity contribution >= 4 is 50.7 Å². The maximum atomic E-state index is 12.7. The number of anilines is 3. The summed E-state index contributed by atoms with van der Waals surface area (Å²) in [6, 6.07) is 20.9. The molecule has 1 heterocycles. The van der Waals surface area contributed by atoms with Gasteiger partial charge in [-0.15, -0.1) is 10.2 Å². The summed E-state index contributed by atoms with van der Waals surface area (Å²) in [7, 11) is -1.83. The van der Waals surface area contributed by atoms with E-state index in [1.54, 1.807) is 55.6 Å². The molecule has 0 radical (unpaired) electrons. The lowest BCUT2D eigenvalue weighted by atomic mass is 10.2. The van der Waals surface area contributed by atoms with Gasteiger partial charge in [-0.05, 0) is 66.7 Å². The Morgan fingerprint density at radius 3 is 2.21 bits per heavy atom. The van der Waals surface area contributed by atoms with Gasteiger partial charge in [0.25, 0.3) is 0 Å². The lowest BCUT2D eigenvalue weighted by molar-refractivity contribution is -0.114. The number of nitrogens with zero attached hydrogens (tertiary/aromatic N) is 3. The lowest BCUT2D eigenvalue weighted by Crippen LogP contribution is -2.15. The first-order chi connectivity index (χ1) is 18.6. The van der Waals surface area contributed by atoms with Crippen molar-refractivity contribution in [1.82, 2.24) is 14.8 Å². The van der Waals surface area contributed by atoms with Gasteiger partial charge in [-0.25, -0.2) is 8.42 Å². The Hall–Kier alpha value is -4.36. The Morgan fingerprint density at radius 1 is 0.923 bits per heavy atom. The summed E-state index contributed by atoms with van der Waals surface area (Å²) in [6.07, 6.45) is 1.08. The van der Waals surface area contributed by atoms with Crippen LogP contribution in [0.1, 0.15) is 6.92 Å². The third-order valence-electron chi connectivity index (χ3n) is 5.21. The van der Waals surface area contributed by atoms with E-state index >= 15 is 0 Å². The number of nitrogens with one attached hydrogen (secondary N) is 3. The number of carbonyl (C=O) groups is 2. The molecule has 0 spiro atoms. The minimum Gasteiger partial charge on any atom is -0.497 e. The van der Waals surface area contributed by atoms with E-state index in [0.29, 0.717) is 39.4 Å². The standard InChI is InChI=1S/C26H26N6O5S2/c1-17(33)27-20-5-4-6-21(15-20)28-24(34)16-38-26-30-29-25(32(26)22-11-13-23(37-2)14-12-22)18-7-9-19(10-8-18)31-39(3,35)36/h4-15,31H,16H2,1-3H3,(H,27,33)(H,28,34). The first kappa shape index (κ1) is 27.7. The van der Waals surface area contributed by atoms with Crippen molar-refractivity contribution in [3.8, 4) is 22.8 Å². The van der Waals surface area contributed by atoms with Crippen molar-refractivity contribution in [2.75, 3.05) is 34.5 Å². The van der Waals surface area contributed by atoms with Gasteiger partial charge in [-0.3, -0.25) is 18.9 Å². The van der Waals surface area contributed by atoms with Crippen LogP contribution in [-0.4, -0.2) is 54.1 Å². The van der Waals surface area contributed by atoms with E-state index in [0.717, 1.165) is 11.9 Å². The second-order valence-corrected chi connectivity index (χ2v) is 11.1. The van der Waals surface area contributed by atoms with Gasteiger partial charge in [0.05, 0.1) is 19.1 Å². The summed E-state index contributed by atoms with van der Waals surface area (Å²) in [6.45, 7) is 1.41. The van der Waals surface area contributed by atoms with Gasteiger partial charge in [0, 0.05) is 35.2 Å². The number of amides is 2. The smallest absolute Gasteiger partial charge is 0.234 e. The van der Waals surface area contributed by atoms with E-state index in [1.807, 2.05) is 28.8 Å². The van der Waals surface area contributed by atoms with Crippen LogP contribution in [-0.2, 0) is 19.6 Å². The Labute approximate surface area is 230 Å². The summed E-state index contributed by atoms with van der Waals surface area (Å²) in [5.41, 5.74) is 3.00. The van der Waals surface area contributed by atoms with Crippen molar-refractivity contribution in [3.63, 3.8) is 0 Å². The van der Waals surface area contributed by atoms with Gasteiger partial charge in [-0.1, -0.05) is 17.8 Å². The zero-order chi connectivity index (χ0) is 28.0. The number of hydrogen-bond acceptors (Lipinski definition) is 8. The highest BCUT2D eigenvalue weighted by Crippen LogP contribution is 2.30. The van der Waals surface area contributed by atoms with E-state index < -0.39 is 10.0 Å². The van der Waals surface area contributed by atoms with Crippen LogP contribution < -0.4 is 20.1 Å². The highest BCUT2D eigenvalue weighted by molar-refractivity contribution is 7.99. The first-order valence-corrected chi connectivity index (χ1v) is 14.5. The van der Waals surface area contributed by atoms with Crippen LogP contribution in [0.5, 0.6) is 5.75 Å². The summed E-state index contributed by atoms with van der Waals surface area (Å²) in [4.78, 5) is 24.0. The molecule has 0 unspecified atom stereocenters. The highest BCUT2D eigenvalue weighted by atomic mass is 32.2.